The Bertz CT molecular complexity index is 627. The average molecular weight is 247 g/mol. The van der Waals surface area contributed by atoms with Crippen molar-refractivity contribution < 1.29 is 9.90 Å². The number of aromatic carboxylic acids is 1. The zero-order valence-electron chi connectivity index (χ0n) is 9.91. The van der Waals surface area contributed by atoms with Crippen LogP contribution in [-0.4, -0.2) is 25.4 Å². The third-order valence-corrected chi connectivity index (χ3v) is 2.63. The molecule has 0 aliphatic carbocycles. The number of carboxylic acids is 1. The maximum Gasteiger partial charge on any atom is 0.341 e. The molecule has 0 aliphatic heterocycles. The summed E-state index contributed by atoms with van der Waals surface area (Å²) in [7, 11) is 1.84. The van der Waals surface area contributed by atoms with Crippen LogP contribution in [0.5, 0.6) is 0 Å². The van der Waals surface area contributed by atoms with Crippen LogP contribution in [0.1, 0.15) is 15.9 Å². The van der Waals surface area contributed by atoms with Gasteiger partial charge >= 0.3 is 5.97 Å². The highest BCUT2D eigenvalue weighted by Crippen LogP contribution is 2.01. The van der Waals surface area contributed by atoms with Crippen LogP contribution in [0.25, 0.3) is 0 Å². The third-order valence-electron chi connectivity index (χ3n) is 2.63. The van der Waals surface area contributed by atoms with Gasteiger partial charge in [0.05, 0.1) is 6.20 Å². The molecule has 94 valence electrons. The first kappa shape index (κ1) is 12.1. The number of carbonyl (C=O) groups is 1. The van der Waals surface area contributed by atoms with Crippen molar-refractivity contribution in [2.24, 2.45) is 7.05 Å². The topological polar surface area (TPSA) is 77.1 Å². The predicted molar refractivity (Wildman–Crippen MR) is 64.6 cm³/mol. The van der Waals surface area contributed by atoms with Crippen LogP contribution in [0.4, 0.5) is 0 Å². The summed E-state index contributed by atoms with van der Waals surface area (Å²) >= 11 is 0. The summed E-state index contributed by atoms with van der Waals surface area (Å²) in [5.41, 5.74) is 0.386. The zero-order chi connectivity index (χ0) is 13.1. The molecule has 0 bridgehead atoms. The highest BCUT2D eigenvalue weighted by atomic mass is 16.4. The summed E-state index contributed by atoms with van der Waals surface area (Å²) in [5.74, 6) is -1.20. The molecule has 6 heteroatoms. The molecule has 2 aromatic heterocycles. The Morgan fingerprint density at radius 3 is 2.83 bits per heavy atom. The molecule has 0 saturated carbocycles. The van der Waals surface area contributed by atoms with Gasteiger partial charge < -0.3 is 9.67 Å². The van der Waals surface area contributed by atoms with Crippen molar-refractivity contribution in [3.63, 3.8) is 0 Å². The van der Waals surface area contributed by atoms with Crippen molar-refractivity contribution in [1.29, 1.82) is 0 Å². The van der Waals surface area contributed by atoms with E-state index in [2.05, 4.69) is 5.10 Å². The predicted octanol–water partition coefficient (Wildman–Crippen LogP) is 0.523. The minimum Gasteiger partial charge on any atom is -0.477 e. The lowest BCUT2D eigenvalue weighted by atomic mass is 10.2. The van der Waals surface area contributed by atoms with Crippen molar-refractivity contribution in [2.75, 3.05) is 0 Å². The summed E-state index contributed by atoms with van der Waals surface area (Å²) in [4.78, 5) is 22.1. The van der Waals surface area contributed by atoms with Gasteiger partial charge in [0.1, 0.15) is 5.56 Å². The molecule has 6 nitrogen and oxygen atoms in total. The molecule has 1 N–H and O–H groups in total. The SMILES string of the molecule is Cn1cc(CCn2ccc(=O)c(C(=O)O)c2)cn1. The van der Waals surface area contributed by atoms with Crippen molar-refractivity contribution in [3.8, 4) is 0 Å². The fourth-order valence-electron chi connectivity index (χ4n) is 1.68. The Morgan fingerprint density at radius 2 is 2.22 bits per heavy atom. The van der Waals surface area contributed by atoms with E-state index in [0.717, 1.165) is 12.0 Å². The van der Waals surface area contributed by atoms with E-state index in [9.17, 15) is 9.59 Å². The molecular weight excluding hydrogens is 234 g/mol. The number of nitrogens with zero attached hydrogens (tertiary/aromatic N) is 3. The molecule has 2 rings (SSSR count). The number of aromatic nitrogens is 3. The molecular formula is C12H13N3O3. The first-order valence-corrected chi connectivity index (χ1v) is 5.47. The van der Waals surface area contributed by atoms with Crippen LogP contribution in [0.15, 0.2) is 35.6 Å². The van der Waals surface area contributed by atoms with Crippen LogP contribution >= 0.6 is 0 Å². The Hall–Kier alpha value is -2.37. The molecule has 0 aliphatic rings. The van der Waals surface area contributed by atoms with Gasteiger partial charge in [-0.3, -0.25) is 9.48 Å². The minimum atomic E-state index is -1.20. The van der Waals surface area contributed by atoms with Crippen molar-refractivity contribution in [2.45, 2.75) is 13.0 Å². The van der Waals surface area contributed by atoms with Crippen LogP contribution in [0.2, 0.25) is 0 Å². The quantitative estimate of drug-likeness (QED) is 0.854. The van der Waals surface area contributed by atoms with Crippen molar-refractivity contribution in [3.05, 3.63) is 52.2 Å². The van der Waals surface area contributed by atoms with Gasteiger partial charge in [0.15, 0.2) is 5.43 Å². The molecule has 0 atom stereocenters. The van der Waals surface area contributed by atoms with Crippen LogP contribution < -0.4 is 5.43 Å². The molecule has 0 amide bonds. The number of hydrogen-bond donors (Lipinski definition) is 1. The summed E-state index contributed by atoms with van der Waals surface area (Å²) < 4.78 is 3.40. The number of hydrogen-bond acceptors (Lipinski definition) is 3. The molecule has 0 spiro atoms. The van der Waals surface area contributed by atoms with Crippen molar-refractivity contribution in [1.82, 2.24) is 14.3 Å². The molecule has 0 fully saturated rings. The van der Waals surface area contributed by atoms with Gasteiger partial charge in [-0.1, -0.05) is 0 Å². The number of rotatable bonds is 4. The second kappa shape index (κ2) is 4.87. The second-order valence-corrected chi connectivity index (χ2v) is 4.04. The van der Waals surface area contributed by atoms with Gasteiger partial charge in [-0.25, -0.2) is 4.79 Å². The average Bonchev–Trinajstić information content (AvgIpc) is 2.74. The van der Waals surface area contributed by atoms with Gasteiger partial charge in [0, 0.05) is 38.2 Å². The summed E-state index contributed by atoms with van der Waals surface area (Å²) in [5, 5.41) is 12.9. The Kier molecular flexibility index (Phi) is 3.27. The Morgan fingerprint density at radius 1 is 1.44 bits per heavy atom. The van der Waals surface area contributed by atoms with Gasteiger partial charge in [-0.15, -0.1) is 0 Å². The smallest absolute Gasteiger partial charge is 0.341 e. The first-order valence-electron chi connectivity index (χ1n) is 5.47. The Labute approximate surface area is 103 Å². The Balaban J connectivity index is 2.12. The van der Waals surface area contributed by atoms with Crippen molar-refractivity contribution >= 4 is 5.97 Å². The van der Waals surface area contributed by atoms with E-state index in [1.807, 2.05) is 13.2 Å². The maximum atomic E-state index is 11.3. The number of carboxylic acid groups (broad SMARTS) is 1. The lowest BCUT2D eigenvalue weighted by Gasteiger charge is -2.05. The lowest BCUT2D eigenvalue weighted by Crippen LogP contribution is -2.17. The van der Waals surface area contributed by atoms with Gasteiger partial charge in [0.25, 0.3) is 0 Å². The summed E-state index contributed by atoms with van der Waals surface area (Å²) in [6, 6.07) is 1.27. The van der Waals surface area contributed by atoms with Gasteiger partial charge in [-0.2, -0.15) is 5.10 Å². The molecule has 18 heavy (non-hydrogen) atoms. The molecule has 0 radical (unpaired) electrons. The standard InChI is InChI=1S/C12H13N3O3/c1-14-7-9(6-13-14)2-4-15-5-3-11(16)10(8-15)12(17)18/h3,5-8H,2,4H2,1H3,(H,17,18). The molecule has 0 saturated heterocycles. The van der Waals surface area contributed by atoms with Crippen LogP contribution in [0.3, 0.4) is 0 Å². The molecule has 2 aromatic rings. The second-order valence-electron chi connectivity index (χ2n) is 4.04. The fourth-order valence-corrected chi connectivity index (χ4v) is 1.68. The van der Waals surface area contributed by atoms with Gasteiger partial charge in [-0.05, 0) is 12.0 Å². The number of aryl methyl sites for hydroxylation is 3. The third kappa shape index (κ3) is 2.65. The van der Waals surface area contributed by atoms with Crippen LogP contribution in [0, 0.1) is 0 Å². The van der Waals surface area contributed by atoms with E-state index >= 15 is 0 Å². The maximum absolute atomic E-state index is 11.3. The van der Waals surface area contributed by atoms with E-state index in [-0.39, 0.29) is 5.56 Å². The highest BCUT2D eigenvalue weighted by Gasteiger charge is 2.08. The minimum absolute atomic E-state index is 0.205. The monoisotopic (exact) mass is 247 g/mol. The van der Waals surface area contributed by atoms with Gasteiger partial charge in [0.2, 0.25) is 0 Å². The zero-order valence-corrected chi connectivity index (χ0v) is 9.91. The summed E-state index contributed by atoms with van der Waals surface area (Å²) in [6.07, 6.45) is 7.35. The first-order chi connectivity index (χ1) is 8.56. The largest absolute Gasteiger partial charge is 0.477 e. The molecule has 0 unspecified atom stereocenters. The lowest BCUT2D eigenvalue weighted by molar-refractivity contribution is 0.0694. The van der Waals surface area contributed by atoms with E-state index in [1.165, 1.54) is 12.3 Å². The fraction of sp³-hybridized carbons (Fsp3) is 0.250. The molecule has 0 aromatic carbocycles. The van der Waals surface area contributed by atoms with Crippen LogP contribution in [-0.2, 0) is 20.0 Å². The van der Waals surface area contributed by atoms with E-state index < -0.39 is 11.4 Å². The summed E-state index contributed by atoms with van der Waals surface area (Å²) in [6.45, 7) is 0.603. The molecule has 2 heterocycles. The normalized spacial score (nSPS) is 10.5. The highest BCUT2D eigenvalue weighted by molar-refractivity contribution is 5.86. The van der Waals surface area contributed by atoms with E-state index in [1.54, 1.807) is 21.6 Å². The van der Waals surface area contributed by atoms with E-state index in [4.69, 9.17) is 5.11 Å². The van der Waals surface area contributed by atoms with E-state index in [0.29, 0.717) is 6.54 Å². The number of pyridine rings is 1.